The summed E-state index contributed by atoms with van der Waals surface area (Å²) in [7, 11) is 2.31. The number of hydrogen-bond acceptors (Lipinski definition) is 6. The molecule has 1 aromatic heterocycles. The second kappa shape index (κ2) is 4.58. The molecule has 0 radical (unpaired) electrons. The zero-order chi connectivity index (χ0) is 12.4. The van der Waals surface area contributed by atoms with Gasteiger partial charge in [0.1, 0.15) is 0 Å². The van der Waals surface area contributed by atoms with Crippen LogP contribution in [0.4, 0.5) is 0 Å². The molecule has 0 aromatic carbocycles. The molecule has 0 saturated carbocycles. The van der Waals surface area contributed by atoms with Gasteiger partial charge in [0.25, 0.3) is 0 Å². The van der Waals surface area contributed by atoms with Crippen molar-refractivity contribution < 1.29 is 18.9 Å². The Hall–Kier alpha value is -1.83. The first-order valence-corrected chi connectivity index (χ1v) is 5.11. The van der Waals surface area contributed by atoms with E-state index in [-0.39, 0.29) is 13.1 Å². The Morgan fingerprint density at radius 3 is 2.29 bits per heavy atom. The molecule has 1 aliphatic rings. The summed E-state index contributed by atoms with van der Waals surface area (Å²) in [5, 5.41) is 3.93. The lowest BCUT2D eigenvalue weighted by Gasteiger charge is -2.22. The van der Waals surface area contributed by atoms with E-state index in [0.717, 1.165) is 0 Å². The summed E-state index contributed by atoms with van der Waals surface area (Å²) in [6.45, 7) is 0.118. The zero-order valence-electron chi connectivity index (χ0n) is 9.62. The molecule has 1 saturated heterocycles. The van der Waals surface area contributed by atoms with Gasteiger partial charge in [-0.15, -0.1) is 0 Å². The van der Waals surface area contributed by atoms with Crippen LogP contribution in [0.5, 0.6) is 0 Å². The van der Waals surface area contributed by atoms with E-state index in [1.807, 2.05) is 0 Å². The molecular formula is C9H12BN3O4. The Balaban J connectivity index is 2.19. The van der Waals surface area contributed by atoms with Crippen LogP contribution in [0.25, 0.3) is 0 Å². The van der Waals surface area contributed by atoms with Gasteiger partial charge >= 0.3 is 19.1 Å². The molecule has 7 nitrogen and oxygen atoms in total. The summed E-state index contributed by atoms with van der Waals surface area (Å²) >= 11 is 0. The Kier molecular flexibility index (Phi) is 3.14. The van der Waals surface area contributed by atoms with Crippen molar-refractivity contribution in [2.24, 2.45) is 7.05 Å². The third-order valence-electron chi connectivity index (χ3n) is 2.38. The van der Waals surface area contributed by atoms with Crippen LogP contribution in [0.3, 0.4) is 0 Å². The van der Waals surface area contributed by atoms with Crippen molar-refractivity contribution in [1.82, 2.24) is 14.7 Å². The fraction of sp³-hybridized carbons (Fsp3) is 0.444. The number of likely N-dealkylation sites (N-methyl/N-ethyl adjacent to an activating group) is 1. The van der Waals surface area contributed by atoms with Gasteiger partial charge in [-0.25, -0.2) is 0 Å². The molecule has 2 heterocycles. The van der Waals surface area contributed by atoms with Crippen molar-refractivity contribution >= 4 is 24.7 Å². The molecule has 0 bridgehead atoms. The first-order chi connectivity index (χ1) is 8.06. The van der Waals surface area contributed by atoms with Crippen LogP contribution in [0.15, 0.2) is 12.3 Å². The highest BCUT2D eigenvalue weighted by Gasteiger charge is 2.35. The molecule has 90 valence electrons. The Labute approximate surface area is 98.4 Å². The third kappa shape index (κ3) is 2.65. The maximum Gasteiger partial charge on any atom is 0.655 e. The highest BCUT2D eigenvalue weighted by atomic mass is 16.6. The molecule has 0 amide bonds. The standard InChI is InChI=1S/C9H12BN3O4/c1-12-5-8(14)16-10(17-9(15)6-12)7-3-4-11-13(7)2/h3-4H,5-6H2,1-2H3. The van der Waals surface area contributed by atoms with Crippen LogP contribution in [0, 0.1) is 0 Å². The van der Waals surface area contributed by atoms with Crippen molar-refractivity contribution in [3.8, 4) is 0 Å². The first-order valence-electron chi connectivity index (χ1n) is 5.11. The monoisotopic (exact) mass is 237 g/mol. The van der Waals surface area contributed by atoms with Crippen molar-refractivity contribution in [3.63, 3.8) is 0 Å². The molecular weight excluding hydrogens is 225 g/mol. The molecule has 0 spiro atoms. The van der Waals surface area contributed by atoms with Gasteiger partial charge in [-0.2, -0.15) is 5.10 Å². The van der Waals surface area contributed by atoms with Gasteiger partial charge in [0.05, 0.1) is 18.7 Å². The number of aromatic nitrogens is 2. The fourth-order valence-corrected chi connectivity index (χ4v) is 1.57. The normalized spacial score (nSPS) is 18.4. The minimum Gasteiger partial charge on any atom is -0.493 e. The number of carbonyl (C=O) groups excluding carboxylic acids is 2. The molecule has 1 aliphatic heterocycles. The van der Waals surface area contributed by atoms with Gasteiger partial charge in [-0.1, -0.05) is 0 Å². The highest BCUT2D eigenvalue weighted by molar-refractivity contribution is 6.63. The number of rotatable bonds is 1. The minimum atomic E-state index is -1.02. The van der Waals surface area contributed by atoms with Gasteiger partial charge in [-0.05, 0) is 13.1 Å². The van der Waals surface area contributed by atoms with Crippen molar-refractivity contribution in [2.75, 3.05) is 20.1 Å². The summed E-state index contributed by atoms with van der Waals surface area (Å²) in [4.78, 5) is 24.5. The second-order valence-corrected chi connectivity index (χ2v) is 3.86. The maximum absolute atomic E-state index is 11.5. The van der Waals surface area contributed by atoms with Gasteiger partial charge in [-0.3, -0.25) is 19.2 Å². The van der Waals surface area contributed by atoms with E-state index in [4.69, 9.17) is 9.31 Å². The molecule has 0 unspecified atom stereocenters. The number of nitrogens with zero attached hydrogens (tertiary/aromatic N) is 3. The zero-order valence-corrected chi connectivity index (χ0v) is 9.62. The SMILES string of the molecule is CN1CC(=O)OB(c2ccnn2C)OC(=O)C1. The van der Waals surface area contributed by atoms with E-state index in [0.29, 0.717) is 5.59 Å². The van der Waals surface area contributed by atoms with E-state index in [9.17, 15) is 9.59 Å². The topological polar surface area (TPSA) is 73.7 Å². The predicted molar refractivity (Wildman–Crippen MR) is 58.3 cm³/mol. The lowest BCUT2D eigenvalue weighted by molar-refractivity contribution is -0.145. The molecule has 1 aromatic rings. The summed E-state index contributed by atoms with van der Waals surface area (Å²) in [6.07, 6.45) is 1.54. The lowest BCUT2D eigenvalue weighted by Crippen LogP contribution is -2.49. The molecule has 0 N–H and O–H groups in total. The molecule has 2 rings (SSSR count). The van der Waals surface area contributed by atoms with Crippen molar-refractivity contribution in [3.05, 3.63) is 12.3 Å². The van der Waals surface area contributed by atoms with Crippen LogP contribution < -0.4 is 5.59 Å². The second-order valence-electron chi connectivity index (χ2n) is 3.86. The van der Waals surface area contributed by atoms with Gasteiger partial charge in [0.2, 0.25) is 0 Å². The summed E-state index contributed by atoms with van der Waals surface area (Å²) < 4.78 is 11.6. The number of aryl methyl sites for hydroxylation is 1. The third-order valence-corrected chi connectivity index (χ3v) is 2.38. The largest absolute Gasteiger partial charge is 0.655 e. The molecule has 17 heavy (non-hydrogen) atoms. The minimum absolute atomic E-state index is 0.0590. The highest BCUT2D eigenvalue weighted by Crippen LogP contribution is 2.00. The van der Waals surface area contributed by atoms with Crippen LogP contribution >= 0.6 is 0 Å². The quantitative estimate of drug-likeness (QED) is 0.533. The van der Waals surface area contributed by atoms with Crippen LogP contribution in [0.2, 0.25) is 0 Å². The fourth-order valence-electron chi connectivity index (χ4n) is 1.57. The maximum atomic E-state index is 11.5. The van der Waals surface area contributed by atoms with Crippen molar-refractivity contribution in [1.29, 1.82) is 0 Å². The first kappa shape index (κ1) is 11.7. The average Bonchev–Trinajstić information content (AvgIpc) is 2.60. The Morgan fingerprint density at radius 2 is 1.82 bits per heavy atom. The van der Waals surface area contributed by atoms with Crippen LogP contribution in [-0.2, 0) is 25.9 Å². The van der Waals surface area contributed by atoms with Crippen molar-refractivity contribution in [2.45, 2.75) is 0 Å². The summed E-state index contributed by atoms with van der Waals surface area (Å²) in [6, 6.07) is 1.64. The van der Waals surface area contributed by atoms with E-state index in [1.54, 1.807) is 26.4 Å². The van der Waals surface area contributed by atoms with Gasteiger partial charge < -0.3 is 9.31 Å². The molecule has 8 heteroatoms. The summed E-state index contributed by atoms with van der Waals surface area (Å²) in [5.41, 5.74) is 0.524. The number of carbonyl (C=O) groups is 2. The predicted octanol–water partition coefficient (Wildman–Crippen LogP) is -1.85. The average molecular weight is 237 g/mol. The van der Waals surface area contributed by atoms with Crippen LogP contribution in [0.1, 0.15) is 0 Å². The van der Waals surface area contributed by atoms with Gasteiger partial charge in [0, 0.05) is 13.2 Å². The van der Waals surface area contributed by atoms with Gasteiger partial charge in [0.15, 0.2) is 0 Å². The number of hydrogen-bond donors (Lipinski definition) is 0. The van der Waals surface area contributed by atoms with Crippen LogP contribution in [-0.4, -0.2) is 53.9 Å². The Morgan fingerprint density at radius 1 is 1.24 bits per heavy atom. The van der Waals surface area contributed by atoms with E-state index in [1.165, 1.54) is 9.58 Å². The van der Waals surface area contributed by atoms with E-state index >= 15 is 0 Å². The molecule has 0 atom stereocenters. The summed E-state index contributed by atoms with van der Waals surface area (Å²) in [5.74, 6) is -0.877. The van der Waals surface area contributed by atoms with E-state index in [2.05, 4.69) is 5.10 Å². The lowest BCUT2D eigenvalue weighted by atomic mass is 9.84. The molecule has 0 aliphatic carbocycles. The molecule has 1 fully saturated rings. The Bertz CT molecular complexity index is 427. The smallest absolute Gasteiger partial charge is 0.493 e. The van der Waals surface area contributed by atoms with E-state index < -0.39 is 19.1 Å².